The lowest BCUT2D eigenvalue weighted by Gasteiger charge is -2.13. The number of Topliss-reactive ketones (excluding diaryl/α,β-unsaturated/α-hetero) is 1. The highest BCUT2D eigenvalue weighted by atomic mass is 16.4. The van der Waals surface area contributed by atoms with E-state index in [2.05, 4.69) is 9.97 Å². The summed E-state index contributed by atoms with van der Waals surface area (Å²) >= 11 is 0. The van der Waals surface area contributed by atoms with Crippen LogP contribution in [0.3, 0.4) is 0 Å². The summed E-state index contributed by atoms with van der Waals surface area (Å²) in [5.41, 5.74) is 1.41. The van der Waals surface area contributed by atoms with E-state index >= 15 is 0 Å². The third-order valence-electron chi connectivity index (χ3n) is 3.92. The van der Waals surface area contributed by atoms with Crippen molar-refractivity contribution in [1.82, 2.24) is 9.97 Å². The minimum atomic E-state index is -0.867. The van der Waals surface area contributed by atoms with Crippen molar-refractivity contribution in [3.63, 3.8) is 0 Å². The van der Waals surface area contributed by atoms with Crippen molar-refractivity contribution in [3.05, 3.63) is 30.2 Å². The van der Waals surface area contributed by atoms with E-state index in [4.69, 9.17) is 0 Å². The molecule has 2 aromatic rings. The van der Waals surface area contributed by atoms with Crippen LogP contribution in [0.15, 0.2) is 24.7 Å². The molecule has 0 spiro atoms. The van der Waals surface area contributed by atoms with Crippen LogP contribution in [0.1, 0.15) is 29.6 Å². The SMILES string of the molecule is O=C(O)C1CCCC1C(=O)c1c[nH]c2ccncc12. The van der Waals surface area contributed by atoms with Crippen LogP contribution in [0, 0.1) is 11.8 Å². The Kier molecular flexibility index (Phi) is 2.81. The monoisotopic (exact) mass is 258 g/mol. The van der Waals surface area contributed by atoms with E-state index < -0.39 is 17.8 Å². The lowest BCUT2D eigenvalue weighted by atomic mass is 9.88. The van der Waals surface area contributed by atoms with Gasteiger partial charge in [0.25, 0.3) is 0 Å². The lowest BCUT2D eigenvalue weighted by molar-refractivity contribution is -0.142. The standard InChI is InChI=1S/C14H14N2O3/c17-13(8-2-1-3-9(8)14(18)19)11-7-16-12-4-5-15-6-10(11)12/h4-9,16H,1-3H2,(H,18,19). The summed E-state index contributed by atoms with van der Waals surface area (Å²) in [6, 6.07) is 1.80. The quantitative estimate of drug-likeness (QED) is 0.827. The smallest absolute Gasteiger partial charge is 0.307 e. The molecule has 1 saturated carbocycles. The largest absolute Gasteiger partial charge is 0.481 e. The number of hydrogen-bond donors (Lipinski definition) is 2. The van der Waals surface area contributed by atoms with Gasteiger partial charge in [-0.05, 0) is 18.9 Å². The normalized spacial score (nSPS) is 22.7. The summed E-state index contributed by atoms with van der Waals surface area (Å²) in [4.78, 5) is 30.8. The summed E-state index contributed by atoms with van der Waals surface area (Å²) in [5, 5.41) is 9.94. The molecule has 0 amide bonds. The highest BCUT2D eigenvalue weighted by molar-refractivity contribution is 6.09. The molecule has 5 nitrogen and oxygen atoms in total. The van der Waals surface area contributed by atoms with Crippen LogP contribution in [-0.2, 0) is 4.79 Å². The minimum absolute atomic E-state index is 0.0795. The third-order valence-corrected chi connectivity index (χ3v) is 3.92. The van der Waals surface area contributed by atoms with Crippen molar-refractivity contribution in [2.24, 2.45) is 11.8 Å². The molecule has 0 bridgehead atoms. The maximum Gasteiger partial charge on any atom is 0.307 e. The molecule has 2 heterocycles. The van der Waals surface area contributed by atoms with Crippen molar-refractivity contribution in [1.29, 1.82) is 0 Å². The van der Waals surface area contributed by atoms with Crippen molar-refractivity contribution in [2.45, 2.75) is 19.3 Å². The van der Waals surface area contributed by atoms with Crippen molar-refractivity contribution in [2.75, 3.05) is 0 Å². The number of fused-ring (bicyclic) bond motifs is 1. The van der Waals surface area contributed by atoms with E-state index in [1.54, 1.807) is 24.7 Å². The Balaban J connectivity index is 1.98. The third kappa shape index (κ3) is 1.91. The van der Waals surface area contributed by atoms with Crippen molar-refractivity contribution in [3.8, 4) is 0 Å². The van der Waals surface area contributed by atoms with Crippen molar-refractivity contribution < 1.29 is 14.7 Å². The van der Waals surface area contributed by atoms with E-state index in [1.807, 2.05) is 0 Å². The number of rotatable bonds is 3. The van der Waals surface area contributed by atoms with Gasteiger partial charge in [-0.1, -0.05) is 6.42 Å². The van der Waals surface area contributed by atoms with Gasteiger partial charge >= 0.3 is 5.97 Å². The van der Waals surface area contributed by atoms with Crippen LogP contribution in [0.4, 0.5) is 0 Å². The number of carbonyl (C=O) groups excluding carboxylic acids is 1. The van der Waals surface area contributed by atoms with Crippen LogP contribution in [-0.4, -0.2) is 26.8 Å². The van der Waals surface area contributed by atoms with E-state index in [0.717, 1.165) is 17.3 Å². The number of aliphatic carboxylic acids is 1. The second-order valence-corrected chi connectivity index (χ2v) is 4.97. The zero-order valence-electron chi connectivity index (χ0n) is 10.3. The first-order chi connectivity index (χ1) is 9.18. The van der Waals surface area contributed by atoms with Gasteiger partial charge in [0.1, 0.15) is 0 Å². The summed E-state index contributed by atoms with van der Waals surface area (Å²) < 4.78 is 0. The van der Waals surface area contributed by atoms with E-state index in [0.29, 0.717) is 18.4 Å². The molecule has 2 N–H and O–H groups in total. The average Bonchev–Trinajstić information content (AvgIpc) is 3.05. The lowest BCUT2D eigenvalue weighted by Crippen LogP contribution is -2.25. The highest BCUT2D eigenvalue weighted by Gasteiger charge is 2.38. The molecule has 0 aromatic carbocycles. The Morgan fingerprint density at radius 2 is 2.11 bits per heavy atom. The molecule has 0 saturated heterocycles. The number of carbonyl (C=O) groups is 2. The highest BCUT2D eigenvalue weighted by Crippen LogP contribution is 2.35. The zero-order valence-corrected chi connectivity index (χ0v) is 10.3. The number of aromatic nitrogens is 2. The molecule has 0 radical (unpaired) electrons. The van der Waals surface area contributed by atoms with E-state index in [-0.39, 0.29) is 5.78 Å². The maximum absolute atomic E-state index is 12.5. The fourth-order valence-electron chi connectivity index (χ4n) is 2.94. The molecule has 0 aliphatic heterocycles. The zero-order chi connectivity index (χ0) is 13.4. The van der Waals surface area contributed by atoms with Crippen molar-refractivity contribution >= 4 is 22.7 Å². The van der Waals surface area contributed by atoms with Gasteiger partial charge in [-0.3, -0.25) is 14.6 Å². The molecule has 3 rings (SSSR count). The van der Waals surface area contributed by atoms with Gasteiger partial charge in [0.2, 0.25) is 0 Å². The number of H-pyrrole nitrogens is 1. The Labute approximate surface area is 109 Å². The summed E-state index contributed by atoms with van der Waals surface area (Å²) in [6.45, 7) is 0. The summed E-state index contributed by atoms with van der Waals surface area (Å²) in [7, 11) is 0. The van der Waals surface area contributed by atoms with Gasteiger partial charge in [0, 0.05) is 41.0 Å². The number of ketones is 1. The first-order valence-corrected chi connectivity index (χ1v) is 6.36. The molecule has 2 aromatic heterocycles. The topological polar surface area (TPSA) is 83.0 Å². The van der Waals surface area contributed by atoms with Gasteiger partial charge in [-0.15, -0.1) is 0 Å². The first-order valence-electron chi connectivity index (χ1n) is 6.36. The molecular weight excluding hydrogens is 244 g/mol. The maximum atomic E-state index is 12.5. The number of pyridine rings is 1. The fourth-order valence-corrected chi connectivity index (χ4v) is 2.94. The second-order valence-electron chi connectivity index (χ2n) is 4.97. The molecule has 1 aliphatic rings. The number of nitrogens with zero attached hydrogens (tertiary/aromatic N) is 1. The summed E-state index contributed by atoms with van der Waals surface area (Å²) in [5.74, 6) is -1.90. The second kappa shape index (κ2) is 4.50. The molecule has 1 fully saturated rings. The Morgan fingerprint density at radius 1 is 1.32 bits per heavy atom. The van der Waals surface area contributed by atoms with Gasteiger partial charge in [-0.25, -0.2) is 0 Å². The van der Waals surface area contributed by atoms with E-state index in [1.165, 1.54) is 0 Å². The number of nitrogens with one attached hydrogen (secondary N) is 1. The molecule has 2 atom stereocenters. The number of carboxylic acid groups (broad SMARTS) is 1. The molecule has 1 aliphatic carbocycles. The Morgan fingerprint density at radius 3 is 2.89 bits per heavy atom. The number of hydrogen-bond acceptors (Lipinski definition) is 3. The van der Waals surface area contributed by atoms with E-state index in [9.17, 15) is 14.7 Å². The fraction of sp³-hybridized carbons (Fsp3) is 0.357. The molecule has 98 valence electrons. The molecule has 5 heteroatoms. The van der Waals surface area contributed by atoms with Crippen LogP contribution in [0.5, 0.6) is 0 Å². The molecular formula is C14H14N2O3. The van der Waals surface area contributed by atoms with Gasteiger partial charge in [0.05, 0.1) is 5.92 Å². The number of aromatic amines is 1. The average molecular weight is 258 g/mol. The molecule has 2 unspecified atom stereocenters. The Bertz CT molecular complexity index is 647. The minimum Gasteiger partial charge on any atom is -0.481 e. The van der Waals surface area contributed by atoms with Gasteiger partial charge in [-0.2, -0.15) is 0 Å². The van der Waals surface area contributed by atoms with Crippen LogP contribution in [0.25, 0.3) is 10.9 Å². The van der Waals surface area contributed by atoms with Crippen LogP contribution >= 0.6 is 0 Å². The Hall–Kier alpha value is -2.17. The van der Waals surface area contributed by atoms with Gasteiger partial charge < -0.3 is 10.1 Å². The molecule has 19 heavy (non-hydrogen) atoms. The predicted molar refractivity (Wildman–Crippen MR) is 68.9 cm³/mol. The van der Waals surface area contributed by atoms with Crippen LogP contribution in [0.2, 0.25) is 0 Å². The summed E-state index contributed by atoms with van der Waals surface area (Å²) in [6.07, 6.45) is 7.00. The van der Waals surface area contributed by atoms with Crippen LogP contribution < -0.4 is 0 Å². The van der Waals surface area contributed by atoms with Gasteiger partial charge in [0.15, 0.2) is 5.78 Å². The predicted octanol–water partition coefficient (Wildman–Crippen LogP) is 2.25. The first kappa shape index (κ1) is 11.9. The number of carboxylic acids is 1.